The molecule has 0 atom stereocenters. The molecule has 2 heterocycles. The molecule has 0 bridgehead atoms. The van der Waals surface area contributed by atoms with Crippen molar-refractivity contribution in [2.45, 2.75) is 0 Å². The van der Waals surface area contributed by atoms with E-state index < -0.39 is 0 Å². The van der Waals surface area contributed by atoms with Crippen LogP contribution in [0.25, 0.3) is 0 Å². The van der Waals surface area contributed by atoms with Gasteiger partial charge in [0.05, 0.1) is 0 Å². The van der Waals surface area contributed by atoms with Gasteiger partial charge >= 0.3 is 0 Å². The van der Waals surface area contributed by atoms with Gasteiger partial charge in [-0.3, -0.25) is 0 Å². The van der Waals surface area contributed by atoms with Gasteiger partial charge in [0, 0.05) is 44.6 Å². The molecule has 1 aliphatic heterocycles. The van der Waals surface area contributed by atoms with Crippen LogP contribution in [0.2, 0.25) is 0 Å². The zero-order chi connectivity index (χ0) is 13.2. The van der Waals surface area contributed by atoms with E-state index in [0.717, 1.165) is 37.8 Å². The molecule has 1 saturated heterocycles. The van der Waals surface area contributed by atoms with Crippen molar-refractivity contribution in [1.29, 1.82) is 0 Å². The molecule has 1 aromatic heterocycles. The SMILES string of the molecule is Cn1nnnc1N1CCN(c2cccc(N)c2)CC1. The van der Waals surface area contributed by atoms with E-state index in [4.69, 9.17) is 5.73 Å². The van der Waals surface area contributed by atoms with Crippen LogP contribution in [0.3, 0.4) is 0 Å². The average Bonchev–Trinajstić information content (AvgIpc) is 2.85. The van der Waals surface area contributed by atoms with E-state index in [1.165, 1.54) is 5.69 Å². The van der Waals surface area contributed by atoms with Crippen LogP contribution in [0, 0.1) is 0 Å². The molecular formula is C12H17N7. The molecule has 0 unspecified atom stereocenters. The van der Waals surface area contributed by atoms with E-state index in [9.17, 15) is 0 Å². The lowest BCUT2D eigenvalue weighted by Crippen LogP contribution is -2.47. The highest BCUT2D eigenvalue weighted by molar-refractivity contribution is 5.56. The van der Waals surface area contributed by atoms with Crippen molar-refractivity contribution >= 4 is 17.3 Å². The highest BCUT2D eigenvalue weighted by Gasteiger charge is 2.20. The summed E-state index contributed by atoms with van der Waals surface area (Å²) in [6.07, 6.45) is 0. The van der Waals surface area contributed by atoms with Crippen LogP contribution in [0.1, 0.15) is 0 Å². The molecule has 0 amide bonds. The molecule has 3 rings (SSSR count). The van der Waals surface area contributed by atoms with Gasteiger partial charge in [-0.2, -0.15) is 0 Å². The van der Waals surface area contributed by atoms with Gasteiger partial charge in [0.15, 0.2) is 0 Å². The van der Waals surface area contributed by atoms with Crippen molar-refractivity contribution in [3.63, 3.8) is 0 Å². The van der Waals surface area contributed by atoms with Gasteiger partial charge in [-0.1, -0.05) is 11.2 Å². The lowest BCUT2D eigenvalue weighted by Gasteiger charge is -2.36. The Hall–Kier alpha value is -2.31. The summed E-state index contributed by atoms with van der Waals surface area (Å²) in [6, 6.07) is 8.00. The smallest absolute Gasteiger partial charge is 0.245 e. The summed E-state index contributed by atoms with van der Waals surface area (Å²) >= 11 is 0. The Morgan fingerprint density at radius 1 is 1.11 bits per heavy atom. The number of tetrazole rings is 1. The molecule has 19 heavy (non-hydrogen) atoms. The first kappa shape index (κ1) is 11.8. The Kier molecular flexibility index (Phi) is 2.94. The molecule has 1 fully saturated rings. The standard InChI is InChI=1S/C12H17N7/c1-17-12(14-15-16-17)19-7-5-18(6-8-19)11-4-2-3-10(13)9-11/h2-4,9H,5-8,13H2,1H3. The van der Waals surface area contributed by atoms with Crippen molar-refractivity contribution in [2.75, 3.05) is 41.7 Å². The molecule has 2 N–H and O–H groups in total. The third-order valence-electron chi connectivity index (χ3n) is 3.40. The second kappa shape index (κ2) is 4.75. The second-order valence-corrected chi connectivity index (χ2v) is 4.67. The molecule has 2 aromatic rings. The maximum absolute atomic E-state index is 5.82. The first-order valence-electron chi connectivity index (χ1n) is 6.32. The third kappa shape index (κ3) is 2.31. The zero-order valence-corrected chi connectivity index (χ0v) is 10.9. The van der Waals surface area contributed by atoms with Gasteiger partial charge < -0.3 is 15.5 Å². The number of hydrogen-bond acceptors (Lipinski definition) is 6. The van der Waals surface area contributed by atoms with E-state index in [1.54, 1.807) is 4.68 Å². The largest absolute Gasteiger partial charge is 0.399 e. The summed E-state index contributed by atoms with van der Waals surface area (Å²) in [5, 5.41) is 11.6. The van der Waals surface area contributed by atoms with Crippen LogP contribution in [0.5, 0.6) is 0 Å². The van der Waals surface area contributed by atoms with E-state index in [-0.39, 0.29) is 0 Å². The van der Waals surface area contributed by atoms with E-state index in [1.807, 2.05) is 25.2 Å². The van der Waals surface area contributed by atoms with E-state index >= 15 is 0 Å². The van der Waals surface area contributed by atoms with Gasteiger partial charge in [0.2, 0.25) is 5.95 Å². The number of anilines is 3. The van der Waals surface area contributed by atoms with E-state index in [0.29, 0.717) is 0 Å². The van der Waals surface area contributed by atoms with Crippen molar-refractivity contribution in [1.82, 2.24) is 20.2 Å². The Morgan fingerprint density at radius 2 is 1.84 bits per heavy atom. The topological polar surface area (TPSA) is 76.1 Å². The minimum absolute atomic E-state index is 0.803. The van der Waals surface area contributed by atoms with Crippen LogP contribution >= 0.6 is 0 Å². The first-order chi connectivity index (χ1) is 9.24. The van der Waals surface area contributed by atoms with Gasteiger partial charge in [0.25, 0.3) is 0 Å². The predicted molar refractivity (Wildman–Crippen MR) is 74.1 cm³/mol. The summed E-state index contributed by atoms with van der Waals surface area (Å²) in [4.78, 5) is 4.53. The molecule has 7 heteroatoms. The number of piperazine rings is 1. The number of rotatable bonds is 2. The summed E-state index contributed by atoms with van der Waals surface area (Å²) in [6.45, 7) is 3.69. The molecule has 0 spiro atoms. The van der Waals surface area contributed by atoms with Gasteiger partial charge in [0.1, 0.15) is 0 Å². The number of benzene rings is 1. The molecule has 1 aromatic carbocycles. The van der Waals surface area contributed by atoms with Crippen LogP contribution in [-0.4, -0.2) is 46.4 Å². The Balaban J connectivity index is 1.68. The van der Waals surface area contributed by atoms with Crippen molar-refractivity contribution in [2.24, 2.45) is 7.05 Å². The van der Waals surface area contributed by atoms with Crippen LogP contribution in [0.4, 0.5) is 17.3 Å². The van der Waals surface area contributed by atoms with Gasteiger partial charge in [-0.05, 0) is 28.6 Å². The van der Waals surface area contributed by atoms with Crippen molar-refractivity contribution in [3.05, 3.63) is 24.3 Å². The maximum Gasteiger partial charge on any atom is 0.245 e. The molecule has 7 nitrogen and oxygen atoms in total. The van der Waals surface area contributed by atoms with Crippen molar-refractivity contribution < 1.29 is 0 Å². The van der Waals surface area contributed by atoms with E-state index in [2.05, 4.69) is 31.4 Å². The minimum Gasteiger partial charge on any atom is -0.399 e. The minimum atomic E-state index is 0.803. The number of nitrogens with zero attached hydrogens (tertiary/aromatic N) is 6. The molecular weight excluding hydrogens is 242 g/mol. The fourth-order valence-corrected chi connectivity index (χ4v) is 2.38. The molecule has 0 saturated carbocycles. The van der Waals surface area contributed by atoms with Crippen LogP contribution in [0.15, 0.2) is 24.3 Å². The van der Waals surface area contributed by atoms with Gasteiger partial charge in [-0.15, -0.1) is 0 Å². The fourth-order valence-electron chi connectivity index (χ4n) is 2.38. The first-order valence-corrected chi connectivity index (χ1v) is 6.32. The summed E-state index contributed by atoms with van der Waals surface area (Å²) < 4.78 is 1.70. The number of aromatic nitrogens is 4. The number of nitrogen functional groups attached to an aromatic ring is 1. The molecule has 1 aliphatic rings. The number of nitrogens with two attached hydrogens (primary N) is 1. The summed E-state index contributed by atoms with van der Waals surface area (Å²) in [5.74, 6) is 0.826. The second-order valence-electron chi connectivity index (χ2n) is 4.67. The van der Waals surface area contributed by atoms with Gasteiger partial charge in [-0.25, -0.2) is 4.68 Å². The highest BCUT2D eigenvalue weighted by Crippen LogP contribution is 2.20. The zero-order valence-electron chi connectivity index (χ0n) is 10.9. The lowest BCUT2D eigenvalue weighted by molar-refractivity contribution is 0.617. The Bertz CT molecular complexity index is 557. The monoisotopic (exact) mass is 259 g/mol. The predicted octanol–water partition coefficient (Wildman–Crippen LogP) is 0.119. The highest BCUT2D eigenvalue weighted by atomic mass is 15.6. The maximum atomic E-state index is 5.82. The average molecular weight is 259 g/mol. The number of hydrogen-bond donors (Lipinski definition) is 1. The summed E-state index contributed by atoms with van der Waals surface area (Å²) in [7, 11) is 1.86. The number of aryl methyl sites for hydroxylation is 1. The Labute approximate surface area is 111 Å². The molecule has 0 aliphatic carbocycles. The van der Waals surface area contributed by atoms with Crippen molar-refractivity contribution in [3.8, 4) is 0 Å². The normalized spacial score (nSPS) is 15.8. The van der Waals surface area contributed by atoms with Crippen LogP contribution < -0.4 is 15.5 Å². The quantitative estimate of drug-likeness (QED) is 0.772. The van der Waals surface area contributed by atoms with Crippen LogP contribution in [-0.2, 0) is 7.05 Å². The third-order valence-corrected chi connectivity index (χ3v) is 3.40. The lowest BCUT2D eigenvalue weighted by atomic mass is 10.2. The summed E-state index contributed by atoms with van der Waals surface area (Å²) in [5.41, 5.74) is 7.80. The molecule has 100 valence electrons. The molecule has 0 radical (unpaired) electrons. The Morgan fingerprint density at radius 3 is 2.47 bits per heavy atom. The fraction of sp³-hybridized carbons (Fsp3) is 0.417.